The number of ether oxygens (including phenoxy) is 1. The molecule has 188 valence electrons. The highest BCUT2D eigenvalue weighted by atomic mass is 35.5. The Morgan fingerprint density at radius 1 is 1.06 bits per heavy atom. The van der Waals surface area contributed by atoms with Crippen molar-refractivity contribution in [3.8, 4) is 11.4 Å². The predicted molar refractivity (Wildman–Crippen MR) is 132 cm³/mol. The Morgan fingerprint density at radius 3 is 2.43 bits per heavy atom. The summed E-state index contributed by atoms with van der Waals surface area (Å²) in [6, 6.07) is 6.60. The molecule has 1 aromatic carbocycles. The minimum atomic E-state index is -3.48. The zero-order chi connectivity index (χ0) is 23.7. The Bertz CT molecular complexity index is 1270. The first-order valence-corrected chi connectivity index (χ1v) is 12.9. The van der Waals surface area contributed by atoms with Crippen LogP contribution in [-0.4, -0.2) is 58.5 Å². The van der Waals surface area contributed by atoms with Gasteiger partial charge >= 0.3 is 0 Å². The van der Waals surface area contributed by atoms with Gasteiger partial charge in [0.1, 0.15) is 11.5 Å². The minimum Gasteiger partial charge on any atom is -0.381 e. The average molecular weight is 523 g/mol. The Hall–Kier alpha value is -2.60. The number of hydrogen-bond donors (Lipinski definition) is 1. The third kappa shape index (κ3) is 5.18. The SMILES string of the molecule is Cc1ncc(-c2nc(Nc3ccc(S(=O)(=O)N4CCCC4)cc3)ncc2F)n1C1CCOCC1.Cl. The first-order valence-electron chi connectivity index (χ1n) is 11.5. The number of hydrogen-bond acceptors (Lipinski definition) is 7. The van der Waals surface area contributed by atoms with Gasteiger partial charge in [0.25, 0.3) is 0 Å². The van der Waals surface area contributed by atoms with Gasteiger partial charge in [-0.15, -0.1) is 12.4 Å². The molecule has 35 heavy (non-hydrogen) atoms. The van der Waals surface area contributed by atoms with E-state index in [0.29, 0.717) is 37.7 Å². The molecular formula is C23H28ClFN6O3S. The molecule has 2 aliphatic rings. The van der Waals surface area contributed by atoms with Crippen molar-refractivity contribution in [1.82, 2.24) is 23.8 Å². The molecule has 0 atom stereocenters. The molecule has 0 unspecified atom stereocenters. The van der Waals surface area contributed by atoms with Crippen LogP contribution in [0.1, 0.15) is 37.5 Å². The average Bonchev–Trinajstić information content (AvgIpc) is 3.52. The molecule has 3 aromatic rings. The summed E-state index contributed by atoms with van der Waals surface area (Å²) in [5.41, 5.74) is 1.37. The number of imidazole rings is 1. The van der Waals surface area contributed by atoms with Crippen LogP contribution in [0.5, 0.6) is 0 Å². The molecule has 2 fully saturated rings. The van der Waals surface area contributed by atoms with E-state index in [1.165, 1.54) is 4.31 Å². The summed E-state index contributed by atoms with van der Waals surface area (Å²) >= 11 is 0. The smallest absolute Gasteiger partial charge is 0.243 e. The molecule has 4 heterocycles. The van der Waals surface area contributed by atoms with E-state index < -0.39 is 15.8 Å². The van der Waals surface area contributed by atoms with Crippen molar-refractivity contribution in [1.29, 1.82) is 0 Å². The molecule has 9 nitrogen and oxygen atoms in total. The number of nitrogens with zero attached hydrogens (tertiary/aromatic N) is 5. The highest BCUT2D eigenvalue weighted by molar-refractivity contribution is 7.89. The largest absolute Gasteiger partial charge is 0.381 e. The highest BCUT2D eigenvalue weighted by Gasteiger charge is 2.27. The van der Waals surface area contributed by atoms with Gasteiger partial charge in [-0.1, -0.05) is 0 Å². The highest BCUT2D eigenvalue weighted by Crippen LogP contribution is 2.31. The molecule has 2 saturated heterocycles. The van der Waals surface area contributed by atoms with E-state index in [1.54, 1.807) is 30.5 Å². The molecule has 0 amide bonds. The summed E-state index contributed by atoms with van der Waals surface area (Å²) in [6.07, 6.45) is 6.20. The summed E-state index contributed by atoms with van der Waals surface area (Å²) in [4.78, 5) is 13.1. The fourth-order valence-electron chi connectivity index (χ4n) is 4.56. The van der Waals surface area contributed by atoms with Crippen LogP contribution in [0.15, 0.2) is 41.6 Å². The van der Waals surface area contributed by atoms with Gasteiger partial charge in [-0.25, -0.2) is 27.8 Å². The third-order valence-corrected chi connectivity index (χ3v) is 8.25. The van der Waals surface area contributed by atoms with Crippen molar-refractivity contribution in [2.75, 3.05) is 31.6 Å². The molecule has 2 aliphatic heterocycles. The first-order chi connectivity index (χ1) is 16.4. The number of sulfonamides is 1. The monoisotopic (exact) mass is 522 g/mol. The van der Waals surface area contributed by atoms with Gasteiger partial charge in [0, 0.05) is 38.0 Å². The topological polar surface area (TPSA) is 102 Å². The maximum Gasteiger partial charge on any atom is 0.243 e. The van der Waals surface area contributed by atoms with Crippen molar-refractivity contribution in [3.63, 3.8) is 0 Å². The number of halogens is 2. The number of rotatable bonds is 6. The van der Waals surface area contributed by atoms with Gasteiger partial charge in [0.05, 0.1) is 23.0 Å². The Balaban J connectivity index is 0.00000289. The van der Waals surface area contributed by atoms with Crippen LogP contribution < -0.4 is 5.32 Å². The van der Waals surface area contributed by atoms with Crippen LogP contribution in [-0.2, 0) is 14.8 Å². The lowest BCUT2D eigenvalue weighted by atomic mass is 10.1. The zero-order valence-corrected chi connectivity index (χ0v) is 21.0. The quantitative estimate of drug-likeness (QED) is 0.520. The van der Waals surface area contributed by atoms with Crippen LogP contribution in [0.4, 0.5) is 16.0 Å². The second-order valence-corrected chi connectivity index (χ2v) is 10.5. The van der Waals surface area contributed by atoms with E-state index >= 15 is 0 Å². The van der Waals surface area contributed by atoms with E-state index in [2.05, 4.69) is 20.3 Å². The molecular weight excluding hydrogens is 495 g/mol. The Kier molecular flexibility index (Phi) is 7.70. The summed E-state index contributed by atoms with van der Waals surface area (Å²) < 4.78 is 49.3. The summed E-state index contributed by atoms with van der Waals surface area (Å²) in [7, 11) is -3.48. The molecule has 1 N–H and O–H groups in total. The lowest BCUT2D eigenvalue weighted by Gasteiger charge is -2.26. The van der Waals surface area contributed by atoms with Crippen molar-refractivity contribution in [3.05, 3.63) is 48.3 Å². The molecule has 0 radical (unpaired) electrons. The normalized spacial score (nSPS) is 17.3. The second-order valence-electron chi connectivity index (χ2n) is 8.55. The van der Waals surface area contributed by atoms with E-state index in [1.807, 2.05) is 11.5 Å². The molecule has 0 bridgehead atoms. The van der Waals surface area contributed by atoms with Crippen molar-refractivity contribution >= 4 is 34.1 Å². The maximum absolute atomic E-state index is 14.8. The number of aromatic nitrogens is 4. The predicted octanol–water partition coefficient (Wildman–Crippen LogP) is 4.09. The Labute approximate surface area is 210 Å². The molecule has 5 rings (SSSR count). The number of nitrogens with one attached hydrogen (secondary N) is 1. The van der Waals surface area contributed by atoms with Crippen molar-refractivity contribution in [2.45, 2.75) is 43.5 Å². The number of benzene rings is 1. The van der Waals surface area contributed by atoms with Gasteiger partial charge in [0.2, 0.25) is 16.0 Å². The molecule has 12 heteroatoms. The van der Waals surface area contributed by atoms with Gasteiger partial charge in [-0.05, 0) is 56.9 Å². The van der Waals surface area contributed by atoms with E-state index in [-0.39, 0.29) is 35.0 Å². The lowest BCUT2D eigenvalue weighted by Crippen LogP contribution is -2.27. The first kappa shape index (κ1) is 25.5. The number of aryl methyl sites for hydroxylation is 1. The van der Waals surface area contributed by atoms with Crippen molar-refractivity contribution < 1.29 is 17.5 Å². The van der Waals surface area contributed by atoms with E-state index in [9.17, 15) is 12.8 Å². The molecule has 0 spiro atoms. The summed E-state index contributed by atoms with van der Waals surface area (Å²) in [5.74, 6) is 0.471. The van der Waals surface area contributed by atoms with Crippen LogP contribution in [0, 0.1) is 12.7 Å². The fraction of sp³-hybridized carbons (Fsp3) is 0.435. The second kappa shape index (κ2) is 10.6. The van der Waals surface area contributed by atoms with Gasteiger partial charge in [-0.3, -0.25) is 0 Å². The molecule has 2 aromatic heterocycles. The lowest BCUT2D eigenvalue weighted by molar-refractivity contribution is 0.0694. The van der Waals surface area contributed by atoms with Crippen LogP contribution >= 0.6 is 12.4 Å². The minimum absolute atomic E-state index is 0. The zero-order valence-electron chi connectivity index (χ0n) is 19.4. The van der Waals surface area contributed by atoms with Gasteiger partial charge in [0.15, 0.2) is 5.82 Å². The van der Waals surface area contributed by atoms with Crippen molar-refractivity contribution in [2.24, 2.45) is 0 Å². The van der Waals surface area contributed by atoms with Crippen LogP contribution in [0.2, 0.25) is 0 Å². The van der Waals surface area contributed by atoms with Gasteiger partial charge in [-0.2, -0.15) is 4.31 Å². The fourth-order valence-corrected chi connectivity index (χ4v) is 6.07. The van der Waals surface area contributed by atoms with E-state index in [0.717, 1.165) is 37.7 Å². The molecule has 0 aliphatic carbocycles. The molecule has 0 saturated carbocycles. The summed E-state index contributed by atoms with van der Waals surface area (Å²) in [6.45, 7) is 4.32. The summed E-state index contributed by atoms with van der Waals surface area (Å²) in [5, 5.41) is 3.05. The Morgan fingerprint density at radius 2 is 1.74 bits per heavy atom. The maximum atomic E-state index is 14.8. The standard InChI is InChI=1S/C23H27FN6O3S.ClH/c1-16-25-15-21(30(16)18-8-12-33-13-9-18)22-20(24)14-26-23(28-22)27-17-4-6-19(7-5-17)34(31,32)29-10-2-3-11-29;/h4-7,14-15,18H,2-3,8-13H2,1H3,(H,26,27,28);1H. The van der Waals surface area contributed by atoms with Crippen LogP contribution in [0.25, 0.3) is 11.4 Å². The number of anilines is 2. The third-order valence-electron chi connectivity index (χ3n) is 6.34. The van der Waals surface area contributed by atoms with Crippen LogP contribution in [0.3, 0.4) is 0 Å². The van der Waals surface area contributed by atoms with E-state index in [4.69, 9.17) is 4.74 Å². The van der Waals surface area contributed by atoms with Gasteiger partial charge < -0.3 is 14.6 Å².